The molecule has 0 amide bonds. The van der Waals surface area contributed by atoms with Gasteiger partial charge < -0.3 is 4.57 Å². The molecule has 0 aromatic carbocycles. The summed E-state index contributed by atoms with van der Waals surface area (Å²) < 4.78 is 2.18. The van der Waals surface area contributed by atoms with Gasteiger partial charge in [-0.1, -0.05) is 0 Å². The van der Waals surface area contributed by atoms with E-state index in [4.69, 9.17) is 0 Å². The van der Waals surface area contributed by atoms with Crippen LogP contribution in [-0.4, -0.2) is 39.1 Å². The van der Waals surface area contributed by atoms with Crippen LogP contribution >= 0.6 is 0 Å². The lowest BCUT2D eigenvalue weighted by Gasteiger charge is -2.34. The van der Waals surface area contributed by atoms with Gasteiger partial charge in [-0.3, -0.25) is 10.2 Å². The molecule has 0 aliphatic carbocycles. The average Bonchev–Trinajstić information content (AvgIpc) is 2.75. The molecule has 1 aliphatic heterocycles. The van der Waals surface area contributed by atoms with Crippen molar-refractivity contribution in [2.24, 2.45) is 0 Å². The van der Waals surface area contributed by atoms with Crippen molar-refractivity contribution in [1.82, 2.24) is 19.8 Å². The van der Waals surface area contributed by atoms with Crippen LogP contribution in [0.4, 0.5) is 0 Å². The van der Waals surface area contributed by atoms with E-state index >= 15 is 0 Å². The minimum absolute atomic E-state index is 0.307. The Kier molecular flexibility index (Phi) is 3.69. The number of fused-ring (bicyclic) bond motifs is 1. The molecule has 1 N–H and O–H groups in total. The number of aromatic nitrogens is 2. The van der Waals surface area contributed by atoms with Crippen molar-refractivity contribution >= 4 is 0 Å². The molecule has 0 spiro atoms. The zero-order valence-electron chi connectivity index (χ0n) is 11.3. The van der Waals surface area contributed by atoms with Crippen molar-refractivity contribution in [3.8, 4) is 6.07 Å². The van der Waals surface area contributed by atoms with Crippen LogP contribution in [0.2, 0.25) is 0 Å². The highest BCUT2D eigenvalue weighted by Crippen LogP contribution is 2.14. The van der Waals surface area contributed by atoms with Crippen LogP contribution in [0.1, 0.15) is 26.6 Å². The minimum atomic E-state index is -0.497. The summed E-state index contributed by atoms with van der Waals surface area (Å²) in [6, 6.07) is 2.70. The van der Waals surface area contributed by atoms with Crippen LogP contribution in [0.5, 0.6) is 0 Å². The first-order chi connectivity index (χ1) is 8.52. The highest BCUT2D eigenvalue weighted by molar-refractivity contribution is 5.07. The molecule has 2 rings (SSSR count). The van der Waals surface area contributed by atoms with E-state index in [1.165, 1.54) is 0 Å². The third-order valence-electron chi connectivity index (χ3n) is 3.22. The van der Waals surface area contributed by atoms with Crippen LogP contribution in [0, 0.1) is 11.3 Å². The topological polar surface area (TPSA) is 56.9 Å². The Labute approximate surface area is 108 Å². The third kappa shape index (κ3) is 2.89. The van der Waals surface area contributed by atoms with E-state index in [0.717, 1.165) is 32.0 Å². The Balaban J connectivity index is 2.00. The van der Waals surface area contributed by atoms with Crippen LogP contribution in [-0.2, 0) is 13.1 Å². The number of nitriles is 1. The largest absolute Gasteiger partial charge is 0.333 e. The van der Waals surface area contributed by atoms with Crippen molar-refractivity contribution in [2.75, 3.05) is 13.1 Å². The normalized spacial score (nSPS) is 19.3. The summed E-state index contributed by atoms with van der Waals surface area (Å²) in [7, 11) is 0. The SMILES string of the molecule is CC(C)NC(C)(C#N)CN1CCn2ccnc2C1. The fourth-order valence-electron chi connectivity index (χ4n) is 2.56. The summed E-state index contributed by atoms with van der Waals surface area (Å²) in [6.07, 6.45) is 3.86. The van der Waals surface area contributed by atoms with Gasteiger partial charge in [0.1, 0.15) is 11.4 Å². The summed E-state index contributed by atoms with van der Waals surface area (Å²) in [4.78, 5) is 6.63. The van der Waals surface area contributed by atoms with Gasteiger partial charge in [0.15, 0.2) is 0 Å². The van der Waals surface area contributed by atoms with E-state index in [1.807, 2.05) is 19.3 Å². The highest BCUT2D eigenvalue weighted by Gasteiger charge is 2.29. The summed E-state index contributed by atoms with van der Waals surface area (Å²) in [5, 5.41) is 12.7. The van der Waals surface area contributed by atoms with Crippen molar-refractivity contribution in [1.29, 1.82) is 5.26 Å². The second kappa shape index (κ2) is 5.09. The Morgan fingerprint density at radius 1 is 1.56 bits per heavy atom. The number of rotatable bonds is 4. The summed E-state index contributed by atoms with van der Waals surface area (Å²) in [6.45, 7) is 9.59. The number of imidazole rings is 1. The number of hydrogen-bond acceptors (Lipinski definition) is 4. The molecule has 18 heavy (non-hydrogen) atoms. The summed E-state index contributed by atoms with van der Waals surface area (Å²) in [5.41, 5.74) is -0.497. The van der Waals surface area contributed by atoms with Gasteiger partial charge >= 0.3 is 0 Å². The highest BCUT2D eigenvalue weighted by atomic mass is 15.3. The Hall–Kier alpha value is -1.38. The maximum atomic E-state index is 9.36. The standard InChI is InChI=1S/C13H21N5/c1-11(2)16-13(3,9-14)10-17-6-7-18-5-4-15-12(18)8-17/h4-5,11,16H,6-8,10H2,1-3H3. The molecule has 2 heterocycles. The average molecular weight is 247 g/mol. The molecule has 5 heteroatoms. The summed E-state index contributed by atoms with van der Waals surface area (Å²) in [5.74, 6) is 1.09. The van der Waals surface area contributed by atoms with Crippen molar-refractivity contribution < 1.29 is 0 Å². The van der Waals surface area contributed by atoms with Gasteiger partial charge in [0.05, 0.1) is 12.6 Å². The van der Waals surface area contributed by atoms with Crippen molar-refractivity contribution in [2.45, 2.75) is 45.4 Å². The van der Waals surface area contributed by atoms with Crippen LogP contribution in [0.15, 0.2) is 12.4 Å². The monoisotopic (exact) mass is 247 g/mol. The van der Waals surface area contributed by atoms with Gasteiger partial charge in [-0.25, -0.2) is 4.98 Å². The quantitative estimate of drug-likeness (QED) is 0.861. The van der Waals surface area contributed by atoms with Gasteiger partial charge in [0.2, 0.25) is 0 Å². The maximum absolute atomic E-state index is 9.36. The van der Waals surface area contributed by atoms with Crippen molar-refractivity contribution in [3.63, 3.8) is 0 Å². The smallest absolute Gasteiger partial charge is 0.122 e. The summed E-state index contributed by atoms with van der Waals surface area (Å²) >= 11 is 0. The Morgan fingerprint density at radius 2 is 2.33 bits per heavy atom. The van der Waals surface area contributed by atoms with Crippen molar-refractivity contribution in [3.05, 3.63) is 18.2 Å². The van der Waals surface area contributed by atoms with E-state index in [9.17, 15) is 5.26 Å². The third-order valence-corrected chi connectivity index (χ3v) is 3.22. The maximum Gasteiger partial charge on any atom is 0.122 e. The number of nitrogens with one attached hydrogen (secondary N) is 1. The molecule has 1 aliphatic rings. The van der Waals surface area contributed by atoms with Crippen LogP contribution < -0.4 is 5.32 Å². The van der Waals surface area contributed by atoms with Gasteiger partial charge in [-0.2, -0.15) is 5.26 Å². The van der Waals surface area contributed by atoms with E-state index in [0.29, 0.717) is 6.04 Å². The number of hydrogen-bond donors (Lipinski definition) is 1. The fraction of sp³-hybridized carbons (Fsp3) is 0.692. The Morgan fingerprint density at radius 3 is 3.00 bits per heavy atom. The van der Waals surface area contributed by atoms with Crippen LogP contribution in [0.25, 0.3) is 0 Å². The molecule has 0 radical (unpaired) electrons. The molecular formula is C13H21N5. The zero-order chi connectivity index (χ0) is 13.2. The van der Waals surface area contributed by atoms with Gasteiger partial charge in [0, 0.05) is 38.1 Å². The molecule has 1 unspecified atom stereocenters. The Bertz CT molecular complexity index is 444. The molecule has 1 aromatic rings. The zero-order valence-corrected chi connectivity index (χ0v) is 11.3. The van der Waals surface area contributed by atoms with Gasteiger partial charge in [-0.15, -0.1) is 0 Å². The molecule has 1 aromatic heterocycles. The predicted molar refractivity (Wildman–Crippen MR) is 69.8 cm³/mol. The molecule has 1 atom stereocenters. The first-order valence-electron chi connectivity index (χ1n) is 6.44. The van der Waals surface area contributed by atoms with Gasteiger partial charge in [-0.05, 0) is 20.8 Å². The molecule has 98 valence electrons. The molecule has 0 saturated heterocycles. The second-order valence-corrected chi connectivity index (χ2v) is 5.49. The molecule has 0 fully saturated rings. The van der Waals surface area contributed by atoms with E-state index < -0.39 is 5.54 Å². The lowest BCUT2D eigenvalue weighted by Crippen LogP contribution is -2.53. The lowest BCUT2D eigenvalue weighted by atomic mass is 10.0. The first kappa shape index (κ1) is 13.1. The van der Waals surface area contributed by atoms with E-state index in [2.05, 4.69) is 39.7 Å². The van der Waals surface area contributed by atoms with E-state index in [1.54, 1.807) is 0 Å². The first-order valence-corrected chi connectivity index (χ1v) is 6.44. The molecular weight excluding hydrogens is 226 g/mol. The van der Waals surface area contributed by atoms with E-state index in [-0.39, 0.29) is 0 Å². The minimum Gasteiger partial charge on any atom is -0.333 e. The molecule has 0 bridgehead atoms. The lowest BCUT2D eigenvalue weighted by molar-refractivity contribution is 0.173. The van der Waals surface area contributed by atoms with Gasteiger partial charge in [0.25, 0.3) is 0 Å². The van der Waals surface area contributed by atoms with Crippen LogP contribution in [0.3, 0.4) is 0 Å². The molecule has 5 nitrogen and oxygen atoms in total. The molecule has 0 saturated carbocycles. The number of nitrogens with zero attached hydrogens (tertiary/aromatic N) is 4. The second-order valence-electron chi connectivity index (χ2n) is 5.49. The predicted octanol–water partition coefficient (Wildman–Crippen LogP) is 0.979. The fourth-order valence-corrected chi connectivity index (χ4v) is 2.56.